The summed E-state index contributed by atoms with van der Waals surface area (Å²) in [4.78, 5) is 23.3. The van der Waals surface area contributed by atoms with Crippen LogP contribution in [-0.2, 0) is 11.2 Å². The first-order valence-electron chi connectivity index (χ1n) is 11.6. The van der Waals surface area contributed by atoms with Gasteiger partial charge >= 0.3 is 0 Å². The van der Waals surface area contributed by atoms with E-state index in [9.17, 15) is 9.59 Å². The summed E-state index contributed by atoms with van der Waals surface area (Å²) in [6.07, 6.45) is 8.22. The lowest BCUT2D eigenvalue weighted by molar-refractivity contribution is -0.119. The molecule has 0 spiro atoms. The van der Waals surface area contributed by atoms with Crippen molar-refractivity contribution in [2.45, 2.75) is 63.0 Å². The summed E-state index contributed by atoms with van der Waals surface area (Å²) in [5, 5.41) is 1.52. The molecule has 6 heteroatoms. The van der Waals surface area contributed by atoms with Crippen LogP contribution in [0.2, 0.25) is 0 Å². The van der Waals surface area contributed by atoms with E-state index in [1.165, 1.54) is 36.8 Å². The van der Waals surface area contributed by atoms with Crippen LogP contribution in [0.1, 0.15) is 73.3 Å². The molecule has 1 N–H and O–H groups in total. The van der Waals surface area contributed by atoms with Crippen molar-refractivity contribution in [1.29, 1.82) is 0 Å². The molecule has 32 heavy (non-hydrogen) atoms. The summed E-state index contributed by atoms with van der Waals surface area (Å²) in [5.74, 6) is 2.13. The van der Waals surface area contributed by atoms with Gasteiger partial charge in [0.25, 0.3) is 5.24 Å². The van der Waals surface area contributed by atoms with E-state index in [4.69, 9.17) is 9.47 Å². The Hall–Kier alpha value is -2.47. The van der Waals surface area contributed by atoms with Gasteiger partial charge in [0.2, 0.25) is 5.91 Å². The normalized spacial score (nSPS) is 18.7. The number of carbonyl (C=O) groups excluding carboxylic acids is 2. The van der Waals surface area contributed by atoms with Crippen molar-refractivity contribution in [3.8, 4) is 11.5 Å². The first kappa shape index (κ1) is 22.7. The maximum atomic E-state index is 11.9. The van der Waals surface area contributed by atoms with Crippen molar-refractivity contribution in [3.63, 3.8) is 0 Å². The summed E-state index contributed by atoms with van der Waals surface area (Å²) in [6, 6.07) is 14.1. The fraction of sp³-hybridized carbons (Fsp3) is 0.462. The highest BCUT2D eigenvalue weighted by atomic mass is 32.2. The number of rotatable bonds is 10. The van der Waals surface area contributed by atoms with Gasteiger partial charge in [-0.2, -0.15) is 0 Å². The number of thioether (sulfide) groups is 1. The van der Waals surface area contributed by atoms with Crippen LogP contribution in [0.5, 0.6) is 11.5 Å². The summed E-state index contributed by atoms with van der Waals surface area (Å²) in [5.41, 5.74) is 3.56. The minimum Gasteiger partial charge on any atom is -0.493 e. The number of amides is 2. The van der Waals surface area contributed by atoms with Crippen LogP contribution in [0.25, 0.3) is 0 Å². The van der Waals surface area contributed by atoms with Crippen LogP contribution in [0.3, 0.4) is 0 Å². The molecule has 1 atom stereocenters. The zero-order valence-electron chi connectivity index (χ0n) is 18.6. The predicted molar refractivity (Wildman–Crippen MR) is 128 cm³/mol. The van der Waals surface area contributed by atoms with Crippen molar-refractivity contribution in [2.75, 3.05) is 13.2 Å². The van der Waals surface area contributed by atoms with Gasteiger partial charge in [-0.15, -0.1) is 0 Å². The summed E-state index contributed by atoms with van der Waals surface area (Å²) in [6.45, 7) is 3.32. The largest absolute Gasteiger partial charge is 0.493 e. The fourth-order valence-corrected chi connectivity index (χ4v) is 5.31. The monoisotopic (exact) mass is 453 g/mol. The van der Waals surface area contributed by atoms with Gasteiger partial charge in [0, 0.05) is 6.42 Å². The molecule has 2 fully saturated rings. The van der Waals surface area contributed by atoms with Gasteiger partial charge < -0.3 is 9.47 Å². The second kappa shape index (κ2) is 10.9. The third-order valence-electron chi connectivity index (χ3n) is 6.09. The van der Waals surface area contributed by atoms with Gasteiger partial charge in [-0.25, -0.2) is 0 Å². The zero-order chi connectivity index (χ0) is 22.3. The fourth-order valence-electron chi connectivity index (χ4n) is 4.49. The molecule has 2 amide bonds. The Morgan fingerprint density at radius 2 is 1.81 bits per heavy atom. The number of hydrogen-bond donors (Lipinski definition) is 1. The molecule has 0 bridgehead atoms. The average Bonchev–Trinajstić information content (AvgIpc) is 3.44. The van der Waals surface area contributed by atoms with Gasteiger partial charge in [0.1, 0.15) is 16.7 Å². The smallest absolute Gasteiger partial charge is 0.286 e. The minimum absolute atomic E-state index is 0.271. The number of ether oxygens (including phenoxy) is 2. The van der Waals surface area contributed by atoms with E-state index in [1.807, 2.05) is 24.3 Å². The topological polar surface area (TPSA) is 64.6 Å². The SMILES string of the molecule is CCCc1cc(C2CCCC2)ccc1OCCCOc1cccc(C2SC(=O)NC2=O)c1. The summed E-state index contributed by atoms with van der Waals surface area (Å²) in [7, 11) is 0. The van der Waals surface area contributed by atoms with Gasteiger partial charge in [0.15, 0.2) is 0 Å². The molecular weight excluding hydrogens is 422 g/mol. The van der Waals surface area contributed by atoms with E-state index in [-0.39, 0.29) is 11.1 Å². The molecule has 2 aliphatic rings. The molecular formula is C26H31NO4S. The average molecular weight is 454 g/mol. The van der Waals surface area contributed by atoms with E-state index in [0.29, 0.717) is 19.0 Å². The number of aryl methyl sites for hydroxylation is 1. The Bertz CT molecular complexity index is 955. The lowest BCUT2D eigenvalue weighted by Gasteiger charge is -2.16. The molecule has 0 aromatic heterocycles. The van der Waals surface area contributed by atoms with Crippen molar-refractivity contribution in [1.82, 2.24) is 5.32 Å². The lowest BCUT2D eigenvalue weighted by Crippen LogP contribution is -2.20. The third kappa shape index (κ3) is 5.66. The van der Waals surface area contributed by atoms with Crippen molar-refractivity contribution in [3.05, 3.63) is 59.2 Å². The third-order valence-corrected chi connectivity index (χ3v) is 7.13. The maximum Gasteiger partial charge on any atom is 0.286 e. The molecule has 1 aliphatic carbocycles. The number of benzene rings is 2. The second-order valence-electron chi connectivity index (χ2n) is 8.50. The van der Waals surface area contributed by atoms with Gasteiger partial charge in [-0.3, -0.25) is 14.9 Å². The molecule has 0 radical (unpaired) electrons. The molecule has 2 aromatic carbocycles. The Morgan fingerprint density at radius 3 is 2.56 bits per heavy atom. The van der Waals surface area contributed by atoms with E-state index in [1.54, 1.807) is 0 Å². The second-order valence-corrected chi connectivity index (χ2v) is 9.57. The Morgan fingerprint density at radius 1 is 1.00 bits per heavy atom. The van der Waals surface area contributed by atoms with Gasteiger partial charge in [-0.1, -0.05) is 50.5 Å². The molecule has 1 aliphatic heterocycles. The molecule has 5 nitrogen and oxygen atoms in total. The van der Waals surface area contributed by atoms with Crippen LogP contribution < -0.4 is 14.8 Å². The predicted octanol–water partition coefficient (Wildman–Crippen LogP) is 6.17. The molecule has 1 heterocycles. The molecule has 1 unspecified atom stereocenters. The number of hydrogen-bond acceptors (Lipinski definition) is 5. The highest BCUT2D eigenvalue weighted by molar-refractivity contribution is 8.15. The van der Waals surface area contributed by atoms with E-state index in [2.05, 4.69) is 30.4 Å². The highest BCUT2D eigenvalue weighted by Gasteiger charge is 2.33. The van der Waals surface area contributed by atoms with Crippen LogP contribution in [0.15, 0.2) is 42.5 Å². The van der Waals surface area contributed by atoms with E-state index < -0.39 is 5.25 Å². The van der Waals surface area contributed by atoms with Gasteiger partial charge in [0.05, 0.1) is 13.2 Å². The molecule has 4 rings (SSSR count). The number of carbonyl (C=O) groups is 2. The van der Waals surface area contributed by atoms with Crippen LogP contribution in [0, 0.1) is 0 Å². The molecule has 1 saturated heterocycles. The Labute approximate surface area is 194 Å². The standard InChI is InChI=1S/C26H31NO4S/c1-2-7-20-16-19(18-8-3-4-9-18)12-13-23(20)31-15-6-14-30-22-11-5-10-21(17-22)24-25(28)27-26(29)32-24/h5,10-13,16-18,24H,2-4,6-9,14-15H2,1H3,(H,27,28,29). The maximum absolute atomic E-state index is 11.9. The highest BCUT2D eigenvalue weighted by Crippen LogP contribution is 2.37. The van der Waals surface area contributed by atoms with E-state index >= 15 is 0 Å². The summed E-state index contributed by atoms with van der Waals surface area (Å²) >= 11 is 1.00. The van der Waals surface area contributed by atoms with Crippen molar-refractivity contribution < 1.29 is 19.1 Å². The van der Waals surface area contributed by atoms with E-state index in [0.717, 1.165) is 48.3 Å². The first-order valence-corrected chi connectivity index (χ1v) is 12.5. The number of nitrogens with one attached hydrogen (secondary N) is 1. The minimum atomic E-state index is -0.501. The molecule has 170 valence electrons. The Balaban J connectivity index is 1.27. The zero-order valence-corrected chi connectivity index (χ0v) is 19.4. The van der Waals surface area contributed by atoms with Crippen LogP contribution in [-0.4, -0.2) is 24.4 Å². The van der Waals surface area contributed by atoms with Crippen molar-refractivity contribution in [2.24, 2.45) is 0 Å². The quantitative estimate of drug-likeness (QED) is 0.436. The number of imide groups is 1. The van der Waals surface area contributed by atoms with Crippen LogP contribution in [0.4, 0.5) is 4.79 Å². The first-order chi connectivity index (χ1) is 15.6. The van der Waals surface area contributed by atoms with Crippen molar-refractivity contribution >= 4 is 22.9 Å². The van der Waals surface area contributed by atoms with Crippen LogP contribution >= 0.6 is 11.8 Å². The summed E-state index contributed by atoms with van der Waals surface area (Å²) < 4.78 is 12.0. The Kier molecular flexibility index (Phi) is 7.74. The molecule has 2 aromatic rings. The van der Waals surface area contributed by atoms with Gasteiger partial charge in [-0.05, 0) is 71.8 Å². The molecule has 1 saturated carbocycles. The lowest BCUT2D eigenvalue weighted by atomic mass is 9.94.